The molecule has 1 saturated heterocycles. The number of methoxy groups -OCH3 is 1. The first-order chi connectivity index (χ1) is 17.6. The number of para-hydroxylation sites is 1. The smallest absolute Gasteiger partial charge is 0.196 e. The standard InChI is InChI=1S/C30H27N3O3/c1-36-22-8-6-7-21(19-22)20-32-15-17-33(18-16-32)30(26-13-14-31-27-12-5-4-11-25(26)27)28(34)23-9-2-3-10-24(23)29(30)35/h2-14,19H,15-18,20H2,1H3. The summed E-state index contributed by atoms with van der Waals surface area (Å²) in [7, 11) is 1.67. The van der Waals surface area contributed by atoms with Crippen molar-refractivity contribution in [2.24, 2.45) is 0 Å². The molecule has 6 nitrogen and oxygen atoms in total. The van der Waals surface area contributed by atoms with Gasteiger partial charge in [0.2, 0.25) is 0 Å². The Morgan fingerprint density at radius 1 is 0.833 bits per heavy atom. The van der Waals surface area contributed by atoms with E-state index in [2.05, 4.69) is 26.9 Å². The van der Waals surface area contributed by atoms with Crippen LogP contribution in [0, 0.1) is 0 Å². The van der Waals surface area contributed by atoms with E-state index in [1.807, 2.05) is 54.6 Å². The van der Waals surface area contributed by atoms with E-state index in [0.29, 0.717) is 24.2 Å². The van der Waals surface area contributed by atoms with Crippen molar-refractivity contribution in [2.45, 2.75) is 12.1 Å². The number of pyridine rings is 1. The van der Waals surface area contributed by atoms with Gasteiger partial charge in [0.1, 0.15) is 5.75 Å². The molecule has 0 N–H and O–H groups in total. The van der Waals surface area contributed by atoms with E-state index in [0.717, 1.165) is 41.9 Å². The maximum atomic E-state index is 14.2. The first-order valence-corrected chi connectivity index (χ1v) is 12.3. The molecule has 0 bridgehead atoms. The molecule has 4 aromatic rings. The normalized spacial score (nSPS) is 17.9. The number of aromatic nitrogens is 1. The predicted octanol–water partition coefficient (Wildman–Crippen LogP) is 4.34. The van der Waals surface area contributed by atoms with E-state index in [1.54, 1.807) is 25.4 Å². The molecule has 0 spiro atoms. The van der Waals surface area contributed by atoms with Gasteiger partial charge in [0, 0.05) is 55.4 Å². The van der Waals surface area contributed by atoms with E-state index < -0.39 is 5.54 Å². The fraction of sp³-hybridized carbons (Fsp3) is 0.233. The van der Waals surface area contributed by atoms with Crippen LogP contribution in [0.1, 0.15) is 31.8 Å². The van der Waals surface area contributed by atoms with Gasteiger partial charge >= 0.3 is 0 Å². The van der Waals surface area contributed by atoms with Crippen LogP contribution in [0.3, 0.4) is 0 Å². The van der Waals surface area contributed by atoms with Crippen LogP contribution in [-0.2, 0) is 12.1 Å². The van der Waals surface area contributed by atoms with Crippen LogP contribution < -0.4 is 4.74 Å². The number of nitrogens with zero attached hydrogens (tertiary/aromatic N) is 3. The van der Waals surface area contributed by atoms with E-state index in [4.69, 9.17) is 4.74 Å². The number of Topliss-reactive ketones (excluding diaryl/α,β-unsaturated/α-hetero) is 2. The van der Waals surface area contributed by atoms with Crippen molar-refractivity contribution in [3.63, 3.8) is 0 Å². The number of hydrogen-bond acceptors (Lipinski definition) is 6. The van der Waals surface area contributed by atoms with E-state index in [9.17, 15) is 9.59 Å². The molecule has 180 valence electrons. The molecule has 6 heteroatoms. The molecule has 0 amide bonds. The Labute approximate surface area is 210 Å². The molecule has 0 saturated carbocycles. The number of ketones is 2. The lowest BCUT2D eigenvalue weighted by Gasteiger charge is -2.44. The number of fused-ring (bicyclic) bond motifs is 2. The van der Waals surface area contributed by atoms with Gasteiger partial charge in [-0.25, -0.2) is 0 Å². The summed E-state index contributed by atoms with van der Waals surface area (Å²) in [5.41, 5.74) is 2.31. The molecule has 3 aromatic carbocycles. The van der Waals surface area contributed by atoms with E-state index in [1.165, 1.54) is 5.56 Å². The Kier molecular flexibility index (Phi) is 5.63. The Balaban J connectivity index is 1.38. The van der Waals surface area contributed by atoms with E-state index >= 15 is 0 Å². The monoisotopic (exact) mass is 477 g/mol. The van der Waals surface area contributed by atoms with Gasteiger partial charge in [-0.1, -0.05) is 54.6 Å². The van der Waals surface area contributed by atoms with Gasteiger partial charge < -0.3 is 4.74 Å². The summed E-state index contributed by atoms with van der Waals surface area (Å²) < 4.78 is 5.37. The van der Waals surface area contributed by atoms with Crippen LogP contribution in [0.25, 0.3) is 10.9 Å². The number of carbonyl (C=O) groups excluding carboxylic acids is 2. The topological polar surface area (TPSA) is 62.7 Å². The highest BCUT2D eigenvalue weighted by Crippen LogP contribution is 2.45. The summed E-state index contributed by atoms with van der Waals surface area (Å²) in [4.78, 5) is 37.4. The highest BCUT2D eigenvalue weighted by molar-refractivity contribution is 6.33. The van der Waals surface area contributed by atoms with Crippen molar-refractivity contribution in [3.8, 4) is 5.75 Å². The average molecular weight is 478 g/mol. The zero-order chi connectivity index (χ0) is 24.7. The van der Waals surface area contributed by atoms with Crippen molar-refractivity contribution in [1.29, 1.82) is 0 Å². The molecule has 1 aliphatic heterocycles. The van der Waals surface area contributed by atoms with Crippen molar-refractivity contribution in [2.75, 3.05) is 33.3 Å². The highest BCUT2D eigenvalue weighted by atomic mass is 16.5. The minimum Gasteiger partial charge on any atom is -0.497 e. The Morgan fingerprint density at radius 3 is 2.25 bits per heavy atom. The zero-order valence-electron chi connectivity index (χ0n) is 20.2. The molecule has 0 unspecified atom stereocenters. The fourth-order valence-electron chi connectivity index (χ4n) is 5.76. The summed E-state index contributed by atoms with van der Waals surface area (Å²) in [5, 5.41) is 0.841. The molecule has 0 radical (unpaired) electrons. The summed E-state index contributed by atoms with van der Waals surface area (Å²) >= 11 is 0. The Bertz CT molecular complexity index is 1430. The van der Waals surface area contributed by atoms with Gasteiger partial charge in [-0.15, -0.1) is 0 Å². The van der Waals surface area contributed by atoms with Gasteiger partial charge in [0.05, 0.1) is 12.6 Å². The lowest BCUT2D eigenvalue weighted by Crippen LogP contribution is -2.60. The van der Waals surface area contributed by atoms with Crippen LogP contribution >= 0.6 is 0 Å². The molecule has 6 rings (SSSR count). The van der Waals surface area contributed by atoms with Crippen molar-refractivity contribution in [3.05, 3.63) is 107 Å². The Morgan fingerprint density at radius 2 is 1.53 bits per heavy atom. The number of rotatable bonds is 5. The predicted molar refractivity (Wildman–Crippen MR) is 138 cm³/mol. The van der Waals surface area contributed by atoms with Crippen molar-refractivity contribution < 1.29 is 14.3 Å². The number of hydrogen-bond donors (Lipinski definition) is 0. The molecule has 36 heavy (non-hydrogen) atoms. The van der Waals surface area contributed by atoms with Gasteiger partial charge in [0.15, 0.2) is 17.1 Å². The van der Waals surface area contributed by atoms with Crippen LogP contribution in [0.2, 0.25) is 0 Å². The largest absolute Gasteiger partial charge is 0.497 e. The van der Waals surface area contributed by atoms with Crippen molar-refractivity contribution in [1.82, 2.24) is 14.8 Å². The third-order valence-electron chi connectivity index (χ3n) is 7.50. The third-order valence-corrected chi connectivity index (χ3v) is 7.50. The van der Waals surface area contributed by atoms with Crippen LogP contribution in [0.4, 0.5) is 0 Å². The lowest BCUT2D eigenvalue weighted by molar-refractivity contribution is 0.0283. The van der Waals surface area contributed by atoms with Crippen LogP contribution in [0.5, 0.6) is 5.75 Å². The second kappa shape index (κ2) is 8.97. The summed E-state index contributed by atoms with van der Waals surface area (Å²) in [6, 6.07) is 24.9. The number of ether oxygens (including phenoxy) is 1. The maximum absolute atomic E-state index is 14.2. The molecule has 1 fully saturated rings. The third kappa shape index (κ3) is 3.45. The minimum absolute atomic E-state index is 0.138. The van der Waals surface area contributed by atoms with Gasteiger partial charge in [-0.3, -0.25) is 24.4 Å². The van der Waals surface area contributed by atoms with Crippen molar-refractivity contribution >= 4 is 22.5 Å². The summed E-state index contributed by atoms with van der Waals surface area (Å²) in [6.45, 7) is 3.49. The second-order valence-electron chi connectivity index (χ2n) is 9.40. The average Bonchev–Trinajstić information content (AvgIpc) is 3.16. The molecule has 1 aromatic heterocycles. The Hall–Kier alpha value is -3.87. The molecule has 1 aliphatic carbocycles. The highest BCUT2D eigenvalue weighted by Gasteiger charge is 2.58. The van der Waals surface area contributed by atoms with Gasteiger partial charge in [0.25, 0.3) is 0 Å². The van der Waals surface area contributed by atoms with Gasteiger partial charge in [-0.2, -0.15) is 0 Å². The summed E-state index contributed by atoms with van der Waals surface area (Å²) in [6.07, 6.45) is 1.71. The zero-order valence-corrected chi connectivity index (χ0v) is 20.2. The first-order valence-electron chi connectivity index (χ1n) is 12.3. The first kappa shape index (κ1) is 22.6. The number of piperazine rings is 1. The van der Waals surface area contributed by atoms with Gasteiger partial charge in [-0.05, 0) is 35.4 Å². The minimum atomic E-state index is -1.38. The van der Waals surface area contributed by atoms with Crippen LogP contribution in [0.15, 0.2) is 85.1 Å². The molecule has 2 aliphatic rings. The number of carbonyl (C=O) groups is 2. The van der Waals surface area contributed by atoms with E-state index in [-0.39, 0.29) is 11.6 Å². The molecule has 0 atom stereocenters. The second-order valence-corrected chi connectivity index (χ2v) is 9.40. The quantitative estimate of drug-likeness (QED) is 0.399. The molecular weight excluding hydrogens is 450 g/mol. The molecule has 2 heterocycles. The fourth-order valence-corrected chi connectivity index (χ4v) is 5.76. The number of benzene rings is 3. The maximum Gasteiger partial charge on any atom is 0.196 e. The SMILES string of the molecule is COc1cccc(CN2CCN(C3(c4ccnc5ccccc45)C(=O)c4ccccc4C3=O)CC2)c1. The molecular formula is C30H27N3O3. The summed E-state index contributed by atoms with van der Waals surface area (Å²) in [5.74, 6) is 0.566. The van der Waals surface area contributed by atoms with Crippen LogP contribution in [-0.4, -0.2) is 59.6 Å². The lowest BCUT2D eigenvalue weighted by atomic mass is 9.80.